The van der Waals surface area contributed by atoms with E-state index in [4.69, 9.17) is 18.3 Å². The first kappa shape index (κ1) is 22.2. The number of hydrogen-bond donors (Lipinski definition) is 3. The van der Waals surface area contributed by atoms with Crippen molar-refractivity contribution in [3.63, 3.8) is 0 Å². The third kappa shape index (κ3) is 5.99. The molecule has 2 radical (unpaired) electrons. The maximum atomic E-state index is 12.5. The standard InChI is InChI=1S/C21H20BN5O3S/c1-30-16-8-7-13(20(29)26-14-5-3-2-4-6-14)11-15(16)27-17(28)9-10-31-21-18(22)19(23)24-12-25-21/h2-8,11-12H,9-10H2,1H3,(H,26,29)(H,27,28)(H2,23,24,25). The molecule has 156 valence electrons. The van der Waals surface area contributed by atoms with Crippen molar-refractivity contribution in [3.05, 3.63) is 60.4 Å². The minimum atomic E-state index is -0.295. The predicted octanol–water partition coefficient (Wildman–Crippen LogP) is 2.23. The normalized spacial score (nSPS) is 10.4. The van der Waals surface area contributed by atoms with E-state index in [2.05, 4.69) is 20.6 Å². The Bertz CT molecular complexity index is 1080. The molecule has 4 N–H and O–H groups in total. The first-order valence-corrected chi connectivity index (χ1v) is 10.3. The Morgan fingerprint density at radius 3 is 2.65 bits per heavy atom. The van der Waals surface area contributed by atoms with E-state index in [-0.39, 0.29) is 24.1 Å². The fourth-order valence-electron chi connectivity index (χ4n) is 2.63. The van der Waals surface area contributed by atoms with Crippen LogP contribution in [0.3, 0.4) is 0 Å². The number of nitrogens with one attached hydrogen (secondary N) is 2. The summed E-state index contributed by atoms with van der Waals surface area (Å²) in [5, 5.41) is 6.12. The molecule has 2 amide bonds. The van der Waals surface area contributed by atoms with Crippen LogP contribution in [-0.2, 0) is 4.79 Å². The van der Waals surface area contributed by atoms with Gasteiger partial charge in [-0.05, 0) is 35.8 Å². The van der Waals surface area contributed by atoms with Gasteiger partial charge in [0.25, 0.3) is 5.91 Å². The second-order valence-electron chi connectivity index (χ2n) is 6.36. The number of thioether (sulfide) groups is 1. The molecule has 0 spiro atoms. The van der Waals surface area contributed by atoms with E-state index in [0.717, 1.165) is 0 Å². The van der Waals surface area contributed by atoms with Crippen LogP contribution in [0, 0.1) is 0 Å². The Hall–Kier alpha value is -3.53. The number of nitrogen functional groups attached to an aromatic ring is 1. The van der Waals surface area contributed by atoms with Gasteiger partial charge in [0.1, 0.15) is 25.7 Å². The van der Waals surface area contributed by atoms with Crippen molar-refractivity contribution in [1.29, 1.82) is 0 Å². The second kappa shape index (κ2) is 10.5. The summed E-state index contributed by atoms with van der Waals surface area (Å²) in [5.41, 5.74) is 7.43. The first-order valence-electron chi connectivity index (χ1n) is 9.31. The Morgan fingerprint density at radius 1 is 1.13 bits per heavy atom. The third-order valence-corrected chi connectivity index (χ3v) is 5.22. The molecule has 2 aromatic carbocycles. The lowest BCUT2D eigenvalue weighted by Gasteiger charge is -2.12. The Morgan fingerprint density at radius 2 is 1.90 bits per heavy atom. The maximum Gasteiger partial charge on any atom is 0.255 e. The average Bonchev–Trinajstić information content (AvgIpc) is 2.77. The van der Waals surface area contributed by atoms with Crippen LogP contribution in [0.25, 0.3) is 0 Å². The Kier molecular flexibility index (Phi) is 7.50. The van der Waals surface area contributed by atoms with Crippen LogP contribution in [0.2, 0.25) is 0 Å². The van der Waals surface area contributed by atoms with Crippen molar-refractivity contribution >= 4 is 54.1 Å². The fraction of sp³-hybridized carbons (Fsp3) is 0.143. The molecule has 0 fully saturated rings. The van der Waals surface area contributed by atoms with Gasteiger partial charge in [-0.1, -0.05) is 18.2 Å². The molecule has 0 saturated heterocycles. The number of ether oxygens (including phenoxy) is 1. The summed E-state index contributed by atoms with van der Waals surface area (Å²) in [6.45, 7) is 0. The van der Waals surface area contributed by atoms with E-state index in [1.165, 1.54) is 25.2 Å². The van der Waals surface area contributed by atoms with Crippen LogP contribution >= 0.6 is 11.8 Å². The summed E-state index contributed by atoms with van der Waals surface area (Å²) in [7, 11) is 7.33. The number of rotatable bonds is 8. The number of hydrogen-bond acceptors (Lipinski definition) is 7. The molecule has 1 aromatic heterocycles. The highest BCUT2D eigenvalue weighted by atomic mass is 32.2. The summed E-state index contributed by atoms with van der Waals surface area (Å²) in [6.07, 6.45) is 1.52. The highest BCUT2D eigenvalue weighted by Crippen LogP contribution is 2.26. The molecule has 31 heavy (non-hydrogen) atoms. The molecule has 0 aliphatic carbocycles. The van der Waals surface area contributed by atoms with E-state index in [1.807, 2.05) is 18.2 Å². The molecule has 0 unspecified atom stereocenters. The molecular formula is C21H20BN5O3S. The number of aromatic nitrogens is 2. The molecule has 0 bridgehead atoms. The highest BCUT2D eigenvalue weighted by Gasteiger charge is 2.13. The van der Waals surface area contributed by atoms with Crippen LogP contribution in [0.1, 0.15) is 16.8 Å². The molecule has 0 atom stereocenters. The van der Waals surface area contributed by atoms with Crippen LogP contribution in [0.5, 0.6) is 5.75 Å². The summed E-state index contributed by atoms with van der Waals surface area (Å²) in [4.78, 5) is 32.8. The smallest absolute Gasteiger partial charge is 0.255 e. The van der Waals surface area contributed by atoms with E-state index in [1.54, 1.807) is 30.3 Å². The van der Waals surface area contributed by atoms with Gasteiger partial charge in [0.05, 0.1) is 17.8 Å². The average molecular weight is 433 g/mol. The molecule has 8 nitrogen and oxygen atoms in total. The maximum absolute atomic E-state index is 12.5. The number of nitrogens with zero attached hydrogens (tertiary/aromatic N) is 2. The van der Waals surface area contributed by atoms with Gasteiger partial charge in [-0.25, -0.2) is 9.97 Å². The number of benzene rings is 2. The van der Waals surface area contributed by atoms with Crippen LogP contribution in [0.4, 0.5) is 17.2 Å². The number of anilines is 3. The van der Waals surface area contributed by atoms with Gasteiger partial charge in [0, 0.05) is 23.4 Å². The minimum absolute atomic E-state index is 0.192. The fourth-order valence-corrected chi connectivity index (χ4v) is 3.49. The number of nitrogens with two attached hydrogens (primary N) is 1. The van der Waals surface area contributed by atoms with E-state index >= 15 is 0 Å². The van der Waals surface area contributed by atoms with Gasteiger partial charge >= 0.3 is 0 Å². The van der Waals surface area contributed by atoms with Gasteiger partial charge in [0.15, 0.2) is 0 Å². The third-order valence-electron chi connectivity index (χ3n) is 4.21. The molecule has 0 aliphatic rings. The summed E-state index contributed by atoms with van der Waals surface area (Å²) < 4.78 is 5.30. The molecule has 10 heteroatoms. The predicted molar refractivity (Wildman–Crippen MR) is 123 cm³/mol. The van der Waals surface area contributed by atoms with Gasteiger partial charge in [-0.15, -0.1) is 11.8 Å². The molecule has 0 aliphatic heterocycles. The van der Waals surface area contributed by atoms with Crippen molar-refractivity contribution in [2.75, 3.05) is 29.2 Å². The highest BCUT2D eigenvalue weighted by molar-refractivity contribution is 7.99. The summed E-state index contributed by atoms with van der Waals surface area (Å²) >= 11 is 1.31. The molecule has 0 saturated carbocycles. The van der Waals surface area contributed by atoms with E-state index in [0.29, 0.717) is 38.9 Å². The van der Waals surface area contributed by atoms with Crippen molar-refractivity contribution in [1.82, 2.24) is 9.97 Å². The molecule has 3 rings (SSSR count). The van der Waals surface area contributed by atoms with E-state index < -0.39 is 0 Å². The topological polar surface area (TPSA) is 119 Å². The van der Waals surface area contributed by atoms with Crippen LogP contribution in [-0.4, -0.2) is 42.5 Å². The Labute approximate surface area is 185 Å². The molecule has 1 heterocycles. The van der Waals surface area contributed by atoms with Crippen molar-refractivity contribution in [2.24, 2.45) is 0 Å². The lowest BCUT2D eigenvalue weighted by molar-refractivity contribution is -0.115. The van der Waals surface area contributed by atoms with Crippen LogP contribution in [0.15, 0.2) is 59.9 Å². The quantitative estimate of drug-likeness (QED) is 0.283. The van der Waals surface area contributed by atoms with Crippen molar-refractivity contribution < 1.29 is 14.3 Å². The largest absolute Gasteiger partial charge is 0.495 e. The number of methoxy groups -OCH3 is 1. The number of para-hydroxylation sites is 1. The Balaban J connectivity index is 1.62. The van der Waals surface area contributed by atoms with Crippen molar-refractivity contribution in [3.8, 4) is 5.75 Å². The molecular weight excluding hydrogens is 413 g/mol. The van der Waals surface area contributed by atoms with Crippen molar-refractivity contribution in [2.45, 2.75) is 11.4 Å². The SMILES string of the molecule is [B]c1c(N)ncnc1SCCC(=O)Nc1cc(C(=O)Nc2ccccc2)ccc1OC. The van der Waals surface area contributed by atoms with Gasteiger partial charge in [0.2, 0.25) is 5.91 Å². The van der Waals surface area contributed by atoms with E-state index in [9.17, 15) is 9.59 Å². The van der Waals surface area contributed by atoms with Gasteiger partial charge < -0.3 is 21.1 Å². The molecule has 3 aromatic rings. The first-order chi connectivity index (χ1) is 15.0. The lowest BCUT2D eigenvalue weighted by atomic mass is 9.99. The second-order valence-corrected chi connectivity index (χ2v) is 7.44. The van der Waals surface area contributed by atoms with Gasteiger partial charge in [-0.3, -0.25) is 9.59 Å². The zero-order valence-corrected chi connectivity index (χ0v) is 17.6. The van der Waals surface area contributed by atoms with Gasteiger partial charge in [-0.2, -0.15) is 0 Å². The lowest BCUT2D eigenvalue weighted by Crippen LogP contribution is -2.17. The van der Waals surface area contributed by atoms with Crippen LogP contribution < -0.4 is 26.6 Å². The summed E-state index contributed by atoms with van der Waals surface area (Å²) in [5.74, 6) is 0.550. The zero-order valence-electron chi connectivity index (χ0n) is 16.8. The summed E-state index contributed by atoms with van der Waals surface area (Å²) in [6, 6.07) is 13.9. The number of amides is 2. The number of carbonyl (C=O) groups excluding carboxylic acids is 2. The zero-order chi connectivity index (χ0) is 22.2. The monoisotopic (exact) mass is 433 g/mol. The number of carbonyl (C=O) groups is 2. The minimum Gasteiger partial charge on any atom is -0.495 e.